The Bertz CT molecular complexity index is 806. The van der Waals surface area contributed by atoms with Gasteiger partial charge in [0.05, 0.1) is 13.2 Å². The summed E-state index contributed by atoms with van der Waals surface area (Å²) in [5.41, 5.74) is 4.57. The van der Waals surface area contributed by atoms with Crippen LogP contribution in [0.15, 0.2) is 57.5 Å². The average Bonchev–Trinajstić information content (AvgIpc) is 2.82. The Balaban J connectivity index is 1.69. The van der Waals surface area contributed by atoms with Crippen molar-refractivity contribution in [3.05, 3.63) is 79.7 Å². The molecule has 0 spiro atoms. The summed E-state index contributed by atoms with van der Waals surface area (Å²) in [6.07, 6.45) is 15.9. The van der Waals surface area contributed by atoms with Gasteiger partial charge in [-0.05, 0) is 59.4 Å². The van der Waals surface area contributed by atoms with Gasteiger partial charge in [0.2, 0.25) is 0 Å². The molecule has 0 radical (unpaired) electrons. The first kappa shape index (κ1) is 28.0. The number of ether oxygens (including phenoxy) is 3. The summed E-state index contributed by atoms with van der Waals surface area (Å²) in [7, 11) is 0. The zero-order chi connectivity index (χ0) is 23.7. The van der Waals surface area contributed by atoms with Crippen LogP contribution in [0.2, 0.25) is 0 Å². The summed E-state index contributed by atoms with van der Waals surface area (Å²) in [6, 6.07) is 12.6. The molecule has 0 aliphatic rings. The molecule has 3 nitrogen and oxygen atoms in total. The van der Waals surface area contributed by atoms with Crippen LogP contribution in [-0.2, 0) is 27.4 Å². The summed E-state index contributed by atoms with van der Waals surface area (Å²) < 4.78 is 18.9. The van der Waals surface area contributed by atoms with Gasteiger partial charge in [-0.2, -0.15) is 0 Å². The SMILES string of the molecule is CCCCC=Cc1ccc(Br)c(COCOCOCc2cc(C=CCCCC)ccc2Br)c1. The minimum absolute atomic E-state index is 0.185. The van der Waals surface area contributed by atoms with Gasteiger partial charge in [0.15, 0.2) is 0 Å². The topological polar surface area (TPSA) is 27.7 Å². The van der Waals surface area contributed by atoms with Gasteiger partial charge in [0.25, 0.3) is 0 Å². The lowest BCUT2D eigenvalue weighted by Gasteiger charge is -2.10. The predicted molar refractivity (Wildman–Crippen MR) is 146 cm³/mol. The third kappa shape index (κ3) is 11.6. The predicted octanol–water partition coefficient (Wildman–Crippen LogP) is 9.28. The van der Waals surface area contributed by atoms with Crippen LogP contribution in [0.3, 0.4) is 0 Å². The quantitative estimate of drug-likeness (QED) is 0.146. The molecule has 0 aliphatic carbocycles. The first-order chi connectivity index (χ1) is 16.1. The highest BCUT2D eigenvalue weighted by Gasteiger charge is 2.03. The fourth-order valence-electron chi connectivity index (χ4n) is 3.16. The molecule has 0 heterocycles. The second-order valence-corrected chi connectivity index (χ2v) is 9.64. The minimum atomic E-state index is 0.185. The average molecular weight is 580 g/mol. The van der Waals surface area contributed by atoms with Crippen LogP contribution in [0.1, 0.15) is 74.6 Å². The molecule has 5 heteroatoms. The van der Waals surface area contributed by atoms with Crippen molar-refractivity contribution < 1.29 is 14.2 Å². The van der Waals surface area contributed by atoms with Crippen LogP contribution in [0, 0.1) is 0 Å². The van der Waals surface area contributed by atoms with Gasteiger partial charge in [0.1, 0.15) is 13.6 Å². The fourth-order valence-corrected chi connectivity index (χ4v) is 3.88. The maximum atomic E-state index is 5.68. The van der Waals surface area contributed by atoms with Gasteiger partial charge in [-0.3, -0.25) is 0 Å². The van der Waals surface area contributed by atoms with E-state index in [0.29, 0.717) is 13.2 Å². The van der Waals surface area contributed by atoms with E-state index in [0.717, 1.165) is 32.9 Å². The monoisotopic (exact) mass is 578 g/mol. The summed E-state index contributed by atoms with van der Waals surface area (Å²) in [4.78, 5) is 0. The lowest BCUT2D eigenvalue weighted by atomic mass is 10.1. The molecule has 0 bridgehead atoms. The third-order valence-corrected chi connectivity index (χ3v) is 6.60. The van der Waals surface area contributed by atoms with Gasteiger partial charge < -0.3 is 14.2 Å². The van der Waals surface area contributed by atoms with E-state index >= 15 is 0 Å². The molecule has 0 saturated heterocycles. The molecule has 2 rings (SSSR count). The van der Waals surface area contributed by atoms with E-state index in [4.69, 9.17) is 14.2 Å². The Morgan fingerprint density at radius 1 is 0.667 bits per heavy atom. The van der Waals surface area contributed by atoms with Crippen molar-refractivity contribution in [1.82, 2.24) is 0 Å². The summed E-state index contributed by atoms with van der Waals surface area (Å²) in [5.74, 6) is 0. The van der Waals surface area contributed by atoms with E-state index in [-0.39, 0.29) is 13.6 Å². The Hall–Kier alpha value is -1.24. The standard InChI is InChI=1S/C28H36Br2O3/c1-3-5-7-9-11-23-13-15-27(29)25(17-23)19-31-21-33-22-32-20-26-18-24(14-16-28(26)30)12-10-8-6-4-2/h9-18H,3-8,19-22H2,1-2H3. The molecule has 180 valence electrons. The van der Waals surface area contributed by atoms with Crippen LogP contribution in [-0.4, -0.2) is 13.6 Å². The highest BCUT2D eigenvalue weighted by Crippen LogP contribution is 2.21. The second-order valence-electron chi connectivity index (χ2n) is 7.93. The number of allylic oxidation sites excluding steroid dienone is 2. The van der Waals surface area contributed by atoms with Crippen molar-refractivity contribution in [1.29, 1.82) is 0 Å². The summed E-state index contributed by atoms with van der Waals surface area (Å²) in [5, 5.41) is 0. The molecule has 33 heavy (non-hydrogen) atoms. The number of unbranched alkanes of at least 4 members (excludes halogenated alkanes) is 4. The van der Waals surface area contributed by atoms with Crippen molar-refractivity contribution in [2.24, 2.45) is 0 Å². The van der Waals surface area contributed by atoms with Gasteiger partial charge in [-0.15, -0.1) is 0 Å². The highest BCUT2D eigenvalue weighted by molar-refractivity contribution is 9.10. The maximum absolute atomic E-state index is 5.68. The normalized spacial score (nSPS) is 11.8. The fraction of sp³-hybridized carbons (Fsp3) is 0.429. The molecule has 0 N–H and O–H groups in total. The Morgan fingerprint density at radius 2 is 1.12 bits per heavy atom. The molecule has 2 aromatic carbocycles. The molecule has 0 aromatic heterocycles. The molecule has 0 amide bonds. The van der Waals surface area contributed by atoms with E-state index < -0.39 is 0 Å². The lowest BCUT2D eigenvalue weighted by molar-refractivity contribution is -0.139. The van der Waals surface area contributed by atoms with Crippen LogP contribution < -0.4 is 0 Å². The van der Waals surface area contributed by atoms with Gasteiger partial charge in [0, 0.05) is 8.95 Å². The van der Waals surface area contributed by atoms with Crippen LogP contribution >= 0.6 is 31.9 Å². The number of hydrogen-bond acceptors (Lipinski definition) is 3. The van der Waals surface area contributed by atoms with E-state index in [1.165, 1.54) is 36.8 Å². The van der Waals surface area contributed by atoms with Crippen molar-refractivity contribution in [2.75, 3.05) is 13.6 Å². The van der Waals surface area contributed by atoms with Crippen LogP contribution in [0.25, 0.3) is 12.2 Å². The number of rotatable bonds is 16. The number of halogens is 2. The lowest BCUT2D eigenvalue weighted by Crippen LogP contribution is -2.05. The van der Waals surface area contributed by atoms with Gasteiger partial charge >= 0.3 is 0 Å². The molecule has 0 aliphatic heterocycles. The minimum Gasteiger partial charge on any atom is -0.351 e. The molecule has 0 atom stereocenters. The Morgan fingerprint density at radius 3 is 1.55 bits per heavy atom. The third-order valence-electron chi connectivity index (χ3n) is 5.06. The van der Waals surface area contributed by atoms with Crippen molar-refractivity contribution >= 4 is 44.0 Å². The number of benzene rings is 2. The molecule has 0 saturated carbocycles. The zero-order valence-electron chi connectivity index (χ0n) is 19.8. The van der Waals surface area contributed by atoms with Crippen molar-refractivity contribution in [2.45, 2.75) is 65.6 Å². The highest BCUT2D eigenvalue weighted by atomic mass is 79.9. The first-order valence-corrected chi connectivity index (χ1v) is 13.4. The molecule has 0 fully saturated rings. The molecular weight excluding hydrogens is 544 g/mol. The van der Waals surface area contributed by atoms with Crippen molar-refractivity contribution in [3.63, 3.8) is 0 Å². The maximum Gasteiger partial charge on any atom is 0.150 e. The largest absolute Gasteiger partial charge is 0.351 e. The van der Waals surface area contributed by atoms with E-state index in [1.54, 1.807) is 0 Å². The van der Waals surface area contributed by atoms with E-state index in [2.05, 4.69) is 106 Å². The zero-order valence-corrected chi connectivity index (χ0v) is 23.0. The molecular formula is C28H36Br2O3. The molecule has 0 unspecified atom stereocenters. The second kappa shape index (κ2) is 17.2. The van der Waals surface area contributed by atoms with E-state index in [1.807, 2.05) is 0 Å². The molecule has 2 aromatic rings. The smallest absolute Gasteiger partial charge is 0.150 e. The summed E-state index contributed by atoms with van der Waals surface area (Å²) >= 11 is 7.20. The van der Waals surface area contributed by atoms with Gasteiger partial charge in [-0.25, -0.2) is 0 Å². The van der Waals surface area contributed by atoms with Crippen LogP contribution in [0.5, 0.6) is 0 Å². The summed E-state index contributed by atoms with van der Waals surface area (Å²) in [6.45, 7) is 5.75. The number of hydrogen-bond donors (Lipinski definition) is 0. The Labute approximate surface area is 216 Å². The van der Waals surface area contributed by atoms with Crippen LogP contribution in [0.4, 0.5) is 0 Å². The Kier molecular flexibility index (Phi) is 14.6. The first-order valence-electron chi connectivity index (χ1n) is 11.8. The van der Waals surface area contributed by atoms with Gasteiger partial charge in [-0.1, -0.05) is 108 Å². The van der Waals surface area contributed by atoms with Crippen molar-refractivity contribution in [3.8, 4) is 0 Å². The van der Waals surface area contributed by atoms with E-state index in [9.17, 15) is 0 Å².